The molecule has 12 heteroatoms. The van der Waals surface area contributed by atoms with Crippen LogP contribution in [0.1, 0.15) is 30.4 Å². The minimum Gasteiger partial charge on any atom is -0.481 e. The van der Waals surface area contributed by atoms with Gasteiger partial charge < -0.3 is 30.7 Å². The largest absolute Gasteiger partial charge is 0.481 e. The zero-order chi connectivity index (χ0) is 32.0. The Kier molecular flexibility index (Phi) is 10.3. The van der Waals surface area contributed by atoms with Crippen LogP contribution in [-0.2, 0) is 22.6 Å². The molecule has 0 radical (unpaired) electrons. The molecule has 46 heavy (non-hydrogen) atoms. The Morgan fingerprint density at radius 3 is 2.50 bits per heavy atom. The molecular weight excluding hydrogens is 630 g/mol. The number of halogens is 3. The predicted octanol–water partition coefficient (Wildman–Crippen LogP) is 6.26. The summed E-state index contributed by atoms with van der Waals surface area (Å²) in [5, 5.41) is 13.5. The van der Waals surface area contributed by atoms with E-state index in [1.807, 2.05) is 24.3 Å². The van der Waals surface area contributed by atoms with Crippen LogP contribution in [0, 0.1) is 5.82 Å². The lowest BCUT2D eigenvalue weighted by molar-refractivity contribution is -0.119. The molecule has 4 heterocycles. The lowest BCUT2D eigenvalue weighted by Gasteiger charge is -2.26. The Morgan fingerprint density at radius 1 is 0.957 bits per heavy atom. The zero-order valence-electron chi connectivity index (χ0n) is 25.3. The van der Waals surface area contributed by atoms with Crippen molar-refractivity contribution in [1.29, 1.82) is 0 Å². The Morgan fingerprint density at radius 2 is 1.74 bits per heavy atom. The highest BCUT2D eigenvalue weighted by Gasteiger charge is 2.22. The third kappa shape index (κ3) is 7.27. The number of carbonyl (C=O) groups is 1. The van der Waals surface area contributed by atoms with Gasteiger partial charge in [-0.1, -0.05) is 53.5 Å². The van der Waals surface area contributed by atoms with Crippen LogP contribution < -0.4 is 26.0 Å². The second kappa shape index (κ2) is 14.7. The van der Waals surface area contributed by atoms with Crippen molar-refractivity contribution >= 4 is 40.5 Å². The van der Waals surface area contributed by atoms with E-state index >= 15 is 4.39 Å². The first-order valence-electron chi connectivity index (χ1n) is 15.3. The summed E-state index contributed by atoms with van der Waals surface area (Å²) in [5.74, 6) is 0.203. The highest BCUT2D eigenvalue weighted by molar-refractivity contribution is 6.39. The van der Waals surface area contributed by atoms with Crippen LogP contribution in [-0.4, -0.2) is 54.8 Å². The number of pyridine rings is 2. The summed E-state index contributed by atoms with van der Waals surface area (Å²) in [6, 6.07) is 16.4. The van der Waals surface area contributed by atoms with Crippen LogP contribution in [0.3, 0.4) is 0 Å². The Hall–Kier alpha value is -3.80. The standard InChI is InChI=1S/C34H35Cl2FN6O3/c1-45-34-21(17-38-18-22-9-11-29(44)41-22)8-10-26(43-34)24-12-14-40-33(31(24)36)25-5-3-6-27(30(25)35)42-28-7-2-4-20(32(28)37)16-39-19-23-13-15-46-23/h2-8,10,12,14,22-23,38-39,42H,9,11,13,15-19H2,1H3,(H,41,44)/t22-,23+/m1/s1. The van der Waals surface area contributed by atoms with E-state index in [0.29, 0.717) is 88.0 Å². The Balaban J connectivity index is 1.19. The van der Waals surface area contributed by atoms with Gasteiger partial charge in [0.1, 0.15) is 0 Å². The summed E-state index contributed by atoms with van der Waals surface area (Å²) in [7, 11) is 1.57. The molecule has 240 valence electrons. The maximum Gasteiger partial charge on any atom is 0.220 e. The summed E-state index contributed by atoms with van der Waals surface area (Å²) in [6.07, 6.45) is 4.26. The molecule has 0 saturated carbocycles. The zero-order valence-corrected chi connectivity index (χ0v) is 26.8. The van der Waals surface area contributed by atoms with E-state index in [2.05, 4.69) is 26.3 Å². The fraction of sp³-hybridized carbons (Fsp3) is 0.324. The van der Waals surface area contributed by atoms with Crippen LogP contribution >= 0.6 is 23.2 Å². The van der Waals surface area contributed by atoms with Gasteiger partial charge in [-0.15, -0.1) is 0 Å². The fourth-order valence-electron chi connectivity index (χ4n) is 5.55. The van der Waals surface area contributed by atoms with Crippen molar-refractivity contribution in [3.05, 3.63) is 87.8 Å². The Bertz CT molecular complexity index is 1720. The molecular formula is C34H35Cl2FN6O3. The molecule has 6 rings (SSSR count). The quantitative estimate of drug-likeness (QED) is 0.133. The van der Waals surface area contributed by atoms with Gasteiger partial charge in [0.2, 0.25) is 11.8 Å². The van der Waals surface area contributed by atoms with E-state index in [-0.39, 0.29) is 23.9 Å². The van der Waals surface area contributed by atoms with Crippen molar-refractivity contribution in [2.45, 2.75) is 44.5 Å². The third-order valence-electron chi connectivity index (χ3n) is 8.17. The normalized spacial score (nSPS) is 17.4. The topological polar surface area (TPSA) is 109 Å². The molecule has 4 N–H and O–H groups in total. The van der Waals surface area contributed by atoms with Gasteiger partial charge in [0.15, 0.2) is 5.82 Å². The van der Waals surface area contributed by atoms with E-state index in [1.54, 1.807) is 43.6 Å². The molecule has 0 unspecified atom stereocenters. The van der Waals surface area contributed by atoms with E-state index in [4.69, 9.17) is 37.7 Å². The van der Waals surface area contributed by atoms with Gasteiger partial charge in [-0.05, 0) is 37.1 Å². The number of amides is 1. The summed E-state index contributed by atoms with van der Waals surface area (Å²) >= 11 is 13.8. The fourth-order valence-corrected chi connectivity index (χ4v) is 6.13. The molecule has 2 aliphatic heterocycles. The van der Waals surface area contributed by atoms with Gasteiger partial charge in [0, 0.05) is 73.7 Å². The number of anilines is 2. The number of ether oxygens (including phenoxy) is 2. The molecule has 0 spiro atoms. The van der Waals surface area contributed by atoms with Crippen molar-refractivity contribution in [3.8, 4) is 28.4 Å². The first-order valence-corrected chi connectivity index (χ1v) is 16.0. The average molecular weight is 666 g/mol. The van der Waals surface area contributed by atoms with E-state index < -0.39 is 0 Å². The van der Waals surface area contributed by atoms with Crippen molar-refractivity contribution in [2.75, 3.05) is 32.1 Å². The van der Waals surface area contributed by atoms with Gasteiger partial charge in [-0.25, -0.2) is 9.37 Å². The molecule has 2 fully saturated rings. The van der Waals surface area contributed by atoms with Gasteiger partial charge >= 0.3 is 0 Å². The van der Waals surface area contributed by atoms with E-state index in [9.17, 15) is 4.79 Å². The number of hydrogen-bond donors (Lipinski definition) is 4. The van der Waals surface area contributed by atoms with Gasteiger partial charge in [-0.3, -0.25) is 9.78 Å². The summed E-state index contributed by atoms with van der Waals surface area (Å²) in [4.78, 5) is 20.7. The van der Waals surface area contributed by atoms with Crippen molar-refractivity contribution in [2.24, 2.45) is 0 Å². The molecule has 0 aliphatic carbocycles. The highest BCUT2D eigenvalue weighted by Crippen LogP contribution is 2.41. The molecule has 2 saturated heterocycles. The number of carbonyl (C=O) groups excluding carboxylic acids is 1. The van der Waals surface area contributed by atoms with Crippen molar-refractivity contribution in [1.82, 2.24) is 25.9 Å². The third-order valence-corrected chi connectivity index (χ3v) is 8.96. The number of methoxy groups -OCH3 is 1. The molecule has 0 bridgehead atoms. The highest BCUT2D eigenvalue weighted by atomic mass is 35.5. The van der Waals surface area contributed by atoms with Crippen molar-refractivity contribution in [3.63, 3.8) is 0 Å². The lowest BCUT2D eigenvalue weighted by atomic mass is 10.0. The number of aromatic nitrogens is 2. The van der Waals surface area contributed by atoms with Crippen LogP contribution in [0.4, 0.5) is 15.8 Å². The van der Waals surface area contributed by atoms with Crippen molar-refractivity contribution < 1.29 is 18.7 Å². The first-order chi connectivity index (χ1) is 22.4. The van der Waals surface area contributed by atoms with Crippen LogP contribution in [0.5, 0.6) is 5.88 Å². The number of rotatable bonds is 13. The predicted molar refractivity (Wildman–Crippen MR) is 178 cm³/mol. The summed E-state index contributed by atoms with van der Waals surface area (Å²) < 4.78 is 26.5. The lowest BCUT2D eigenvalue weighted by Crippen LogP contribution is -2.37. The molecule has 2 aromatic carbocycles. The molecule has 4 aromatic rings. The van der Waals surface area contributed by atoms with Crippen LogP contribution in [0.2, 0.25) is 10.0 Å². The number of nitrogens with zero attached hydrogens (tertiary/aromatic N) is 2. The SMILES string of the molecule is COc1nc(-c2ccnc(-c3cccc(Nc4cccc(CNC[C@@H]5CCO5)c4F)c3Cl)c2Cl)ccc1CNC[C@H]1CCC(=O)N1. The molecule has 2 atom stereocenters. The minimum absolute atomic E-state index is 0.0890. The molecule has 1 amide bonds. The Labute approximate surface area is 277 Å². The maximum atomic E-state index is 15.4. The smallest absolute Gasteiger partial charge is 0.220 e. The van der Waals surface area contributed by atoms with Gasteiger partial charge in [-0.2, -0.15) is 0 Å². The monoisotopic (exact) mass is 664 g/mol. The van der Waals surface area contributed by atoms with E-state index in [0.717, 1.165) is 25.0 Å². The maximum absolute atomic E-state index is 15.4. The van der Waals surface area contributed by atoms with Gasteiger partial charge in [0.05, 0.1) is 46.0 Å². The second-order valence-corrected chi connectivity index (χ2v) is 12.1. The molecule has 9 nitrogen and oxygen atoms in total. The van der Waals surface area contributed by atoms with Gasteiger partial charge in [0.25, 0.3) is 0 Å². The second-order valence-electron chi connectivity index (χ2n) is 11.3. The minimum atomic E-state index is -0.354. The molecule has 2 aromatic heterocycles. The number of benzene rings is 2. The van der Waals surface area contributed by atoms with E-state index in [1.165, 1.54) is 0 Å². The number of hydrogen-bond acceptors (Lipinski definition) is 8. The summed E-state index contributed by atoms with van der Waals surface area (Å²) in [6.45, 7) is 3.05. The van der Waals surface area contributed by atoms with Crippen LogP contribution in [0.25, 0.3) is 22.5 Å². The van der Waals surface area contributed by atoms with Crippen LogP contribution in [0.15, 0.2) is 60.8 Å². The number of nitrogens with one attached hydrogen (secondary N) is 4. The first kappa shape index (κ1) is 32.2. The average Bonchev–Trinajstić information content (AvgIpc) is 3.46. The molecule has 2 aliphatic rings. The summed E-state index contributed by atoms with van der Waals surface area (Å²) in [5.41, 5.74) is 4.57.